The number of ether oxygens (including phenoxy) is 2. The third-order valence-electron chi connectivity index (χ3n) is 3.39. The number of aryl methyl sites for hydroxylation is 2. The highest BCUT2D eigenvalue weighted by molar-refractivity contribution is 5.38. The van der Waals surface area contributed by atoms with E-state index in [0.29, 0.717) is 13.0 Å². The maximum atomic E-state index is 13.1. The van der Waals surface area contributed by atoms with Crippen LogP contribution >= 0.6 is 0 Å². The molecule has 2 aromatic carbocycles. The third kappa shape index (κ3) is 2.77. The van der Waals surface area contributed by atoms with Crippen LogP contribution in [0, 0.1) is 19.7 Å². The summed E-state index contributed by atoms with van der Waals surface area (Å²) in [5.74, 6) is 1.40. The minimum Gasteiger partial charge on any atom is -0.490 e. The van der Waals surface area contributed by atoms with Gasteiger partial charge in [0.25, 0.3) is 0 Å². The Bertz CT molecular complexity index is 617. The van der Waals surface area contributed by atoms with Gasteiger partial charge in [0.15, 0.2) is 0 Å². The quantitative estimate of drug-likeness (QED) is 0.845. The van der Waals surface area contributed by atoms with Crippen LogP contribution in [0.15, 0.2) is 36.4 Å². The summed E-state index contributed by atoms with van der Waals surface area (Å²) in [6.45, 7) is 4.56. The van der Waals surface area contributed by atoms with Crippen molar-refractivity contribution >= 4 is 0 Å². The third-order valence-corrected chi connectivity index (χ3v) is 3.39. The van der Waals surface area contributed by atoms with E-state index in [2.05, 4.69) is 6.07 Å². The largest absolute Gasteiger partial charge is 0.490 e. The molecule has 3 rings (SSSR count). The van der Waals surface area contributed by atoms with Crippen LogP contribution in [0.5, 0.6) is 11.5 Å². The number of hydrogen-bond donors (Lipinski definition) is 0. The van der Waals surface area contributed by atoms with E-state index in [0.717, 1.165) is 17.1 Å². The van der Waals surface area contributed by atoms with Crippen LogP contribution in [0.4, 0.5) is 4.39 Å². The van der Waals surface area contributed by atoms with Crippen LogP contribution < -0.4 is 9.47 Å². The fraction of sp³-hybridized carbons (Fsp3) is 0.294. The predicted molar refractivity (Wildman–Crippen MR) is 75.9 cm³/mol. The fourth-order valence-electron chi connectivity index (χ4n) is 2.59. The van der Waals surface area contributed by atoms with Crippen LogP contribution in [0.2, 0.25) is 0 Å². The Hall–Kier alpha value is -2.03. The number of hydrogen-bond acceptors (Lipinski definition) is 2. The standard InChI is InChI=1S/C17H17FO2/c1-11-5-12(2)7-15(6-11)19-10-16-9-13-8-14(18)3-4-17(13)20-16/h3-8,16H,9-10H2,1-2H3/t16-/m0/s1. The van der Waals surface area contributed by atoms with Crippen LogP contribution in [-0.2, 0) is 6.42 Å². The fourth-order valence-corrected chi connectivity index (χ4v) is 2.59. The Morgan fingerprint density at radius 3 is 2.65 bits per heavy atom. The molecule has 0 bridgehead atoms. The Kier molecular flexibility index (Phi) is 3.35. The van der Waals surface area contributed by atoms with E-state index in [4.69, 9.17) is 9.47 Å². The number of fused-ring (bicyclic) bond motifs is 1. The zero-order chi connectivity index (χ0) is 14.1. The highest BCUT2D eigenvalue weighted by atomic mass is 19.1. The van der Waals surface area contributed by atoms with Gasteiger partial charge in [-0.1, -0.05) is 6.07 Å². The maximum absolute atomic E-state index is 13.1. The van der Waals surface area contributed by atoms with Crippen molar-refractivity contribution in [3.8, 4) is 11.5 Å². The minimum absolute atomic E-state index is 0.0485. The molecule has 1 atom stereocenters. The van der Waals surface area contributed by atoms with E-state index < -0.39 is 0 Å². The average Bonchev–Trinajstić information content (AvgIpc) is 2.77. The van der Waals surface area contributed by atoms with Crippen molar-refractivity contribution in [3.63, 3.8) is 0 Å². The first-order valence-electron chi connectivity index (χ1n) is 6.76. The summed E-state index contributed by atoms with van der Waals surface area (Å²) < 4.78 is 24.7. The summed E-state index contributed by atoms with van der Waals surface area (Å²) in [7, 11) is 0. The zero-order valence-corrected chi connectivity index (χ0v) is 11.7. The molecule has 1 heterocycles. The summed E-state index contributed by atoms with van der Waals surface area (Å²) in [4.78, 5) is 0. The molecule has 0 radical (unpaired) electrons. The second-order valence-corrected chi connectivity index (χ2v) is 5.33. The van der Waals surface area contributed by atoms with Crippen LogP contribution in [0.25, 0.3) is 0 Å². The average molecular weight is 272 g/mol. The lowest BCUT2D eigenvalue weighted by molar-refractivity contribution is 0.148. The molecule has 0 saturated heterocycles. The summed E-state index contributed by atoms with van der Waals surface area (Å²) in [6.07, 6.45) is 0.644. The van der Waals surface area contributed by atoms with E-state index in [1.807, 2.05) is 26.0 Å². The van der Waals surface area contributed by atoms with Gasteiger partial charge in [0.2, 0.25) is 0 Å². The molecule has 2 aromatic rings. The first-order valence-corrected chi connectivity index (χ1v) is 6.76. The molecule has 0 fully saturated rings. The van der Waals surface area contributed by atoms with E-state index in [1.54, 1.807) is 6.07 Å². The van der Waals surface area contributed by atoms with E-state index in [9.17, 15) is 4.39 Å². The van der Waals surface area contributed by atoms with Gasteiger partial charge in [-0.2, -0.15) is 0 Å². The van der Waals surface area contributed by atoms with Crippen molar-refractivity contribution in [1.29, 1.82) is 0 Å². The summed E-state index contributed by atoms with van der Waals surface area (Å²) in [5.41, 5.74) is 3.27. The second kappa shape index (κ2) is 5.16. The minimum atomic E-state index is -0.219. The molecular weight excluding hydrogens is 255 g/mol. The van der Waals surface area contributed by atoms with Gasteiger partial charge in [-0.05, 0) is 55.3 Å². The molecule has 20 heavy (non-hydrogen) atoms. The Balaban J connectivity index is 1.63. The molecule has 0 aromatic heterocycles. The van der Waals surface area contributed by atoms with Crippen molar-refractivity contribution in [3.05, 3.63) is 58.9 Å². The van der Waals surface area contributed by atoms with Gasteiger partial charge in [0.05, 0.1) is 0 Å². The van der Waals surface area contributed by atoms with Crippen LogP contribution in [0.1, 0.15) is 16.7 Å². The predicted octanol–water partition coefficient (Wildman–Crippen LogP) is 3.83. The summed E-state index contributed by atoms with van der Waals surface area (Å²) in [6, 6.07) is 10.8. The lowest BCUT2D eigenvalue weighted by Crippen LogP contribution is -2.22. The number of halogens is 1. The molecule has 3 heteroatoms. The van der Waals surface area contributed by atoms with E-state index in [-0.39, 0.29) is 11.9 Å². The Morgan fingerprint density at radius 2 is 1.90 bits per heavy atom. The van der Waals surface area contributed by atoms with E-state index >= 15 is 0 Å². The topological polar surface area (TPSA) is 18.5 Å². The van der Waals surface area contributed by atoms with Gasteiger partial charge in [0, 0.05) is 12.0 Å². The van der Waals surface area contributed by atoms with Gasteiger partial charge < -0.3 is 9.47 Å². The van der Waals surface area contributed by atoms with Gasteiger partial charge in [0.1, 0.15) is 30.0 Å². The Labute approximate surface area is 118 Å². The number of benzene rings is 2. The van der Waals surface area contributed by atoms with Gasteiger partial charge >= 0.3 is 0 Å². The SMILES string of the molecule is Cc1cc(C)cc(OC[C@@H]2Cc3cc(F)ccc3O2)c1. The summed E-state index contributed by atoms with van der Waals surface area (Å²) in [5, 5.41) is 0. The monoisotopic (exact) mass is 272 g/mol. The molecule has 1 aliphatic heterocycles. The van der Waals surface area contributed by atoms with Gasteiger partial charge in [-0.25, -0.2) is 4.39 Å². The molecule has 0 N–H and O–H groups in total. The highest BCUT2D eigenvalue weighted by Crippen LogP contribution is 2.29. The van der Waals surface area contributed by atoms with Crippen molar-refractivity contribution in [2.24, 2.45) is 0 Å². The van der Waals surface area contributed by atoms with Crippen molar-refractivity contribution < 1.29 is 13.9 Å². The van der Waals surface area contributed by atoms with Gasteiger partial charge in [-0.15, -0.1) is 0 Å². The first kappa shape index (κ1) is 13.0. The van der Waals surface area contributed by atoms with Crippen molar-refractivity contribution in [2.45, 2.75) is 26.4 Å². The maximum Gasteiger partial charge on any atom is 0.137 e. The highest BCUT2D eigenvalue weighted by Gasteiger charge is 2.23. The zero-order valence-electron chi connectivity index (χ0n) is 11.7. The second-order valence-electron chi connectivity index (χ2n) is 5.33. The van der Waals surface area contributed by atoms with Crippen LogP contribution in [-0.4, -0.2) is 12.7 Å². The molecule has 104 valence electrons. The normalized spacial score (nSPS) is 16.6. The summed E-state index contributed by atoms with van der Waals surface area (Å²) >= 11 is 0. The molecule has 1 aliphatic rings. The number of rotatable bonds is 3. The van der Waals surface area contributed by atoms with Gasteiger partial charge in [-0.3, -0.25) is 0 Å². The van der Waals surface area contributed by atoms with Crippen molar-refractivity contribution in [2.75, 3.05) is 6.61 Å². The molecule has 0 spiro atoms. The van der Waals surface area contributed by atoms with Crippen molar-refractivity contribution in [1.82, 2.24) is 0 Å². The molecule has 0 unspecified atom stereocenters. The molecule has 0 aliphatic carbocycles. The lowest BCUT2D eigenvalue weighted by atomic mass is 10.1. The first-order chi connectivity index (χ1) is 9.60. The molecule has 0 saturated carbocycles. The molecule has 2 nitrogen and oxygen atoms in total. The smallest absolute Gasteiger partial charge is 0.137 e. The molecular formula is C17H17FO2. The Morgan fingerprint density at radius 1 is 1.15 bits per heavy atom. The molecule has 0 amide bonds. The van der Waals surface area contributed by atoms with E-state index in [1.165, 1.54) is 23.3 Å². The lowest BCUT2D eigenvalue weighted by Gasteiger charge is -2.13. The van der Waals surface area contributed by atoms with Crippen LogP contribution in [0.3, 0.4) is 0 Å².